The molecule has 6 nitrogen and oxygen atoms in total. The molecule has 1 aromatic heterocycles. The summed E-state index contributed by atoms with van der Waals surface area (Å²) in [6.45, 7) is 5.26. The smallest absolute Gasteiger partial charge is 0.247 e. The lowest BCUT2D eigenvalue weighted by molar-refractivity contribution is 0.377. The van der Waals surface area contributed by atoms with Crippen molar-refractivity contribution >= 4 is 33.3 Å². The molecule has 1 aromatic rings. The maximum absolute atomic E-state index is 11.5. The number of rotatable bonds is 6. The lowest BCUT2D eigenvalue weighted by atomic mass is 10.1. The summed E-state index contributed by atoms with van der Waals surface area (Å²) in [5.41, 5.74) is 6.59. The first kappa shape index (κ1) is 16.2. The van der Waals surface area contributed by atoms with Crippen molar-refractivity contribution in [3.8, 4) is 0 Å². The van der Waals surface area contributed by atoms with Crippen LogP contribution in [0.1, 0.15) is 24.9 Å². The van der Waals surface area contributed by atoms with E-state index in [4.69, 9.17) is 10.9 Å². The number of hydrogen-bond acceptors (Lipinski definition) is 7. The molecule has 0 fully saturated rings. The highest BCUT2D eigenvalue weighted by atomic mass is 32.3. The molecule has 0 aromatic carbocycles. The summed E-state index contributed by atoms with van der Waals surface area (Å²) in [5.74, 6) is 0. The van der Waals surface area contributed by atoms with Gasteiger partial charge in [0.05, 0.1) is 4.21 Å². The average molecular weight is 337 g/mol. The highest BCUT2D eigenvalue weighted by Crippen LogP contribution is 2.43. The second kappa shape index (κ2) is 6.73. The van der Waals surface area contributed by atoms with Gasteiger partial charge in [0.2, 0.25) is 10.0 Å². The molecule has 2 heterocycles. The summed E-state index contributed by atoms with van der Waals surface area (Å²) in [4.78, 5) is 0. The molecule has 20 heavy (non-hydrogen) atoms. The topological polar surface area (TPSA) is 101 Å². The molecule has 2 rings (SSSR count). The number of fused-ring (bicyclic) bond motifs is 1. The molecule has 114 valence electrons. The first-order valence-corrected chi connectivity index (χ1v) is 9.62. The van der Waals surface area contributed by atoms with Crippen molar-refractivity contribution in [1.29, 1.82) is 0 Å². The molecule has 0 radical (unpaired) electrons. The first-order valence-electron chi connectivity index (χ1n) is 6.48. The molecule has 0 amide bonds. The molecule has 5 N–H and O–H groups in total. The number of sulfonamides is 1. The van der Waals surface area contributed by atoms with Crippen molar-refractivity contribution < 1.29 is 8.42 Å². The molecule has 1 aliphatic heterocycles. The molecule has 0 unspecified atom stereocenters. The Bertz CT molecular complexity index is 558. The van der Waals surface area contributed by atoms with Crippen LogP contribution in [0.25, 0.3) is 0 Å². The van der Waals surface area contributed by atoms with Gasteiger partial charge in [0, 0.05) is 19.1 Å². The summed E-state index contributed by atoms with van der Waals surface area (Å²) in [7, 11) is -3.63. The van der Waals surface area contributed by atoms with E-state index < -0.39 is 10.0 Å². The zero-order valence-electron chi connectivity index (χ0n) is 11.3. The van der Waals surface area contributed by atoms with E-state index in [9.17, 15) is 8.42 Å². The van der Waals surface area contributed by atoms with Gasteiger partial charge in [-0.3, -0.25) is 0 Å². The van der Waals surface area contributed by atoms with Gasteiger partial charge in [-0.25, -0.2) is 17.9 Å². The number of primary sulfonamides is 1. The number of thiophene rings is 1. The minimum atomic E-state index is -3.63. The maximum atomic E-state index is 11.5. The second-order valence-electron chi connectivity index (χ2n) is 4.59. The quantitative estimate of drug-likeness (QED) is 0.662. The third kappa shape index (κ3) is 3.73. The summed E-state index contributed by atoms with van der Waals surface area (Å²) in [6.07, 6.45) is 0.925. The van der Waals surface area contributed by atoms with Crippen LogP contribution in [0.4, 0.5) is 0 Å². The summed E-state index contributed by atoms with van der Waals surface area (Å²) >= 11 is 2.85. The molecular formula is C11H20N4O2S3. The number of nitrogens with zero attached hydrogens (tertiary/aromatic N) is 1. The van der Waals surface area contributed by atoms with E-state index in [1.54, 1.807) is 18.0 Å². The molecule has 1 atom stereocenters. The first-order chi connectivity index (χ1) is 9.45. The van der Waals surface area contributed by atoms with Crippen LogP contribution in [0.2, 0.25) is 0 Å². The van der Waals surface area contributed by atoms with Gasteiger partial charge in [0.1, 0.15) is 4.21 Å². The Labute approximate surface area is 128 Å². The standard InChI is InChI=1S/C11H20N4O2S3/c1-2-14-9-7-15(5-3-4-12)19-11-8(9)6-10(18-11)20(13,16)17/h6,9,14H,2-5,7,12H2,1H3,(H2,13,16,17)/t9-/m0/s1. The zero-order chi connectivity index (χ0) is 14.8. The molecule has 1 aliphatic rings. The molecule has 0 saturated carbocycles. The van der Waals surface area contributed by atoms with Gasteiger partial charge in [-0.15, -0.1) is 11.3 Å². The molecule has 0 bridgehead atoms. The molecule has 0 aliphatic carbocycles. The van der Waals surface area contributed by atoms with Crippen molar-refractivity contribution in [2.45, 2.75) is 27.8 Å². The highest BCUT2D eigenvalue weighted by Gasteiger charge is 2.29. The van der Waals surface area contributed by atoms with Crippen LogP contribution < -0.4 is 16.2 Å². The van der Waals surface area contributed by atoms with Crippen molar-refractivity contribution in [2.24, 2.45) is 10.9 Å². The van der Waals surface area contributed by atoms with Gasteiger partial charge in [0.15, 0.2) is 0 Å². The predicted molar refractivity (Wildman–Crippen MR) is 83.2 cm³/mol. The van der Waals surface area contributed by atoms with E-state index in [-0.39, 0.29) is 10.3 Å². The minimum Gasteiger partial charge on any atom is -0.330 e. The van der Waals surface area contributed by atoms with Crippen LogP contribution in [-0.4, -0.2) is 38.9 Å². The Kier molecular flexibility index (Phi) is 5.46. The van der Waals surface area contributed by atoms with E-state index in [1.165, 1.54) is 11.3 Å². The molecule has 0 saturated heterocycles. The average Bonchev–Trinajstić information content (AvgIpc) is 2.80. The monoisotopic (exact) mass is 336 g/mol. The van der Waals surface area contributed by atoms with Crippen LogP contribution in [0.3, 0.4) is 0 Å². The number of hydrogen-bond donors (Lipinski definition) is 3. The minimum absolute atomic E-state index is 0.140. The fourth-order valence-electron chi connectivity index (χ4n) is 2.10. The summed E-state index contributed by atoms with van der Waals surface area (Å²) in [5, 5.41) is 8.62. The fourth-order valence-corrected chi connectivity index (χ4v) is 5.67. The largest absolute Gasteiger partial charge is 0.330 e. The van der Waals surface area contributed by atoms with Gasteiger partial charge in [0.25, 0.3) is 0 Å². The Morgan fingerprint density at radius 2 is 2.30 bits per heavy atom. The van der Waals surface area contributed by atoms with E-state index in [0.717, 1.165) is 35.8 Å². The van der Waals surface area contributed by atoms with Gasteiger partial charge in [-0.1, -0.05) is 6.92 Å². The maximum Gasteiger partial charge on any atom is 0.247 e. The van der Waals surface area contributed by atoms with E-state index in [2.05, 4.69) is 9.62 Å². The predicted octanol–water partition coefficient (Wildman–Crippen LogP) is 0.718. The van der Waals surface area contributed by atoms with E-state index in [0.29, 0.717) is 6.54 Å². The van der Waals surface area contributed by atoms with Crippen LogP contribution in [0, 0.1) is 0 Å². The van der Waals surface area contributed by atoms with Crippen LogP contribution in [0.5, 0.6) is 0 Å². The van der Waals surface area contributed by atoms with Crippen LogP contribution in [0.15, 0.2) is 14.5 Å². The van der Waals surface area contributed by atoms with Gasteiger partial charge in [-0.2, -0.15) is 0 Å². The van der Waals surface area contributed by atoms with Gasteiger partial charge < -0.3 is 11.1 Å². The molecule has 0 spiro atoms. The fraction of sp³-hybridized carbons (Fsp3) is 0.636. The number of nitrogens with two attached hydrogens (primary N) is 2. The van der Waals surface area contributed by atoms with Crippen molar-refractivity contribution in [2.75, 3.05) is 26.2 Å². The van der Waals surface area contributed by atoms with Crippen molar-refractivity contribution in [3.63, 3.8) is 0 Å². The van der Waals surface area contributed by atoms with Crippen LogP contribution >= 0.6 is 23.3 Å². The van der Waals surface area contributed by atoms with Crippen molar-refractivity contribution in [3.05, 3.63) is 11.6 Å². The lowest BCUT2D eigenvalue weighted by Crippen LogP contribution is -2.35. The third-order valence-electron chi connectivity index (χ3n) is 3.02. The third-order valence-corrected chi connectivity index (χ3v) is 6.85. The summed E-state index contributed by atoms with van der Waals surface area (Å²) in [6, 6.07) is 1.84. The second-order valence-corrected chi connectivity index (χ2v) is 8.79. The van der Waals surface area contributed by atoms with Crippen LogP contribution in [-0.2, 0) is 10.0 Å². The SMILES string of the molecule is CCN[C@H]1CN(CCCN)Sc2sc(S(N)(=O)=O)cc21. The Balaban J connectivity index is 2.27. The highest BCUT2D eigenvalue weighted by molar-refractivity contribution is 7.99. The Morgan fingerprint density at radius 3 is 2.90 bits per heavy atom. The number of nitrogens with one attached hydrogen (secondary N) is 1. The molecular weight excluding hydrogens is 316 g/mol. The van der Waals surface area contributed by atoms with Crippen molar-refractivity contribution in [1.82, 2.24) is 9.62 Å². The lowest BCUT2D eigenvalue weighted by Gasteiger charge is -2.31. The normalized spacial score (nSPS) is 20.1. The van der Waals surface area contributed by atoms with Gasteiger partial charge >= 0.3 is 0 Å². The number of likely N-dealkylation sites (N-methyl/N-ethyl adjacent to an activating group) is 1. The Morgan fingerprint density at radius 1 is 1.55 bits per heavy atom. The molecule has 9 heteroatoms. The van der Waals surface area contributed by atoms with E-state index >= 15 is 0 Å². The Hall–Kier alpha value is -0.160. The zero-order valence-corrected chi connectivity index (χ0v) is 13.8. The van der Waals surface area contributed by atoms with E-state index in [1.807, 2.05) is 6.92 Å². The summed E-state index contributed by atoms with van der Waals surface area (Å²) < 4.78 is 26.5. The van der Waals surface area contributed by atoms with Gasteiger partial charge in [-0.05, 0) is 43.1 Å².